The summed E-state index contributed by atoms with van der Waals surface area (Å²) >= 11 is 0. The Bertz CT molecular complexity index is 102. The zero-order chi connectivity index (χ0) is 12.9. The standard InChI is InChI=1S/2C8H18/c1-5-6-7-8(2,3)4;1-3-5-7-8-6-4-2/h5-7H2,1-4H3;3-8H2,1-2H3. The van der Waals surface area contributed by atoms with E-state index in [0.717, 1.165) is 0 Å². The van der Waals surface area contributed by atoms with Crippen molar-refractivity contribution in [3.63, 3.8) is 0 Å². The molecular formula is C16H36. The minimum Gasteiger partial charge on any atom is -0.0654 e. The van der Waals surface area contributed by atoms with E-state index in [9.17, 15) is 0 Å². The third-order valence-electron chi connectivity index (χ3n) is 2.74. The Hall–Kier alpha value is 0. The van der Waals surface area contributed by atoms with Crippen LogP contribution in [0.25, 0.3) is 0 Å². The first-order chi connectivity index (χ1) is 7.47. The van der Waals surface area contributed by atoms with E-state index in [2.05, 4.69) is 41.5 Å². The number of hydrogen-bond donors (Lipinski definition) is 0. The largest absolute Gasteiger partial charge is 0.0654 e. The van der Waals surface area contributed by atoms with Crippen molar-refractivity contribution in [3.8, 4) is 0 Å². The van der Waals surface area contributed by atoms with Crippen LogP contribution in [0, 0.1) is 5.41 Å². The molecule has 0 saturated heterocycles. The van der Waals surface area contributed by atoms with Gasteiger partial charge in [0.2, 0.25) is 0 Å². The molecule has 0 aliphatic rings. The topological polar surface area (TPSA) is 0 Å². The van der Waals surface area contributed by atoms with Crippen molar-refractivity contribution >= 4 is 0 Å². The molecule has 0 heteroatoms. The molecule has 0 rings (SSSR count). The van der Waals surface area contributed by atoms with E-state index >= 15 is 0 Å². The Morgan fingerprint density at radius 1 is 0.562 bits per heavy atom. The van der Waals surface area contributed by atoms with Crippen LogP contribution >= 0.6 is 0 Å². The fourth-order valence-corrected chi connectivity index (χ4v) is 1.56. The van der Waals surface area contributed by atoms with Crippen LogP contribution in [-0.4, -0.2) is 0 Å². The lowest BCUT2D eigenvalue weighted by atomic mass is 9.90. The molecule has 16 heavy (non-hydrogen) atoms. The van der Waals surface area contributed by atoms with Crippen molar-refractivity contribution < 1.29 is 0 Å². The number of hydrogen-bond acceptors (Lipinski definition) is 0. The van der Waals surface area contributed by atoms with Gasteiger partial charge in [-0.05, 0) is 11.8 Å². The molecule has 0 aliphatic heterocycles. The minimum atomic E-state index is 0.552. The van der Waals surface area contributed by atoms with Crippen molar-refractivity contribution in [2.24, 2.45) is 5.41 Å². The first kappa shape index (κ1) is 18.4. The molecule has 0 aromatic rings. The summed E-state index contributed by atoms with van der Waals surface area (Å²) in [5, 5.41) is 0. The third kappa shape index (κ3) is 23.7. The van der Waals surface area contributed by atoms with E-state index in [1.165, 1.54) is 57.8 Å². The van der Waals surface area contributed by atoms with Gasteiger partial charge >= 0.3 is 0 Å². The first-order valence-electron chi connectivity index (χ1n) is 7.47. The van der Waals surface area contributed by atoms with E-state index in [4.69, 9.17) is 0 Å². The van der Waals surface area contributed by atoms with E-state index in [0.29, 0.717) is 5.41 Å². The monoisotopic (exact) mass is 228 g/mol. The van der Waals surface area contributed by atoms with Crippen molar-refractivity contribution in [2.45, 2.75) is 99.3 Å². The van der Waals surface area contributed by atoms with Gasteiger partial charge in [0.1, 0.15) is 0 Å². The average molecular weight is 228 g/mol. The van der Waals surface area contributed by atoms with Crippen LogP contribution in [0.4, 0.5) is 0 Å². The Morgan fingerprint density at radius 3 is 1.12 bits per heavy atom. The Morgan fingerprint density at radius 2 is 0.938 bits per heavy atom. The molecule has 0 aliphatic carbocycles. The highest BCUT2D eigenvalue weighted by atomic mass is 14.1. The summed E-state index contributed by atoms with van der Waals surface area (Å²) in [6.07, 6.45) is 12.6. The van der Waals surface area contributed by atoms with Gasteiger partial charge < -0.3 is 0 Å². The van der Waals surface area contributed by atoms with Crippen LogP contribution in [0.15, 0.2) is 0 Å². The van der Waals surface area contributed by atoms with Gasteiger partial charge in [0.25, 0.3) is 0 Å². The van der Waals surface area contributed by atoms with Crippen LogP contribution in [-0.2, 0) is 0 Å². The van der Waals surface area contributed by atoms with Crippen molar-refractivity contribution in [1.82, 2.24) is 0 Å². The summed E-state index contributed by atoms with van der Waals surface area (Å²) in [4.78, 5) is 0. The van der Waals surface area contributed by atoms with Gasteiger partial charge in [-0.15, -0.1) is 0 Å². The summed E-state index contributed by atoms with van der Waals surface area (Å²) < 4.78 is 0. The SMILES string of the molecule is CCCCC(C)(C)C.CCCCCCCC. The van der Waals surface area contributed by atoms with Gasteiger partial charge in [-0.25, -0.2) is 0 Å². The van der Waals surface area contributed by atoms with Crippen LogP contribution < -0.4 is 0 Å². The van der Waals surface area contributed by atoms with E-state index in [-0.39, 0.29) is 0 Å². The smallest absolute Gasteiger partial charge is 0.0383 e. The summed E-state index contributed by atoms with van der Waals surface area (Å²) in [5.41, 5.74) is 0.552. The van der Waals surface area contributed by atoms with Gasteiger partial charge in [0.05, 0.1) is 0 Å². The Balaban J connectivity index is 0. The molecule has 0 amide bonds. The lowest BCUT2D eigenvalue weighted by Gasteiger charge is -2.16. The normalized spacial score (nSPS) is 10.9. The lowest BCUT2D eigenvalue weighted by molar-refractivity contribution is 0.363. The molecule has 100 valence electrons. The molecule has 0 bridgehead atoms. The van der Waals surface area contributed by atoms with Crippen LogP contribution in [0.3, 0.4) is 0 Å². The molecule has 0 heterocycles. The second kappa shape index (κ2) is 13.1. The lowest BCUT2D eigenvalue weighted by Crippen LogP contribution is -2.03. The maximum atomic E-state index is 2.29. The molecular weight excluding hydrogens is 192 g/mol. The molecule has 0 spiro atoms. The zero-order valence-electron chi connectivity index (χ0n) is 12.9. The van der Waals surface area contributed by atoms with Gasteiger partial charge in [-0.1, -0.05) is 92.9 Å². The average Bonchev–Trinajstić information content (AvgIpc) is 2.22. The fraction of sp³-hybridized carbons (Fsp3) is 1.00. The van der Waals surface area contributed by atoms with Gasteiger partial charge in [-0.3, -0.25) is 0 Å². The van der Waals surface area contributed by atoms with E-state index < -0.39 is 0 Å². The van der Waals surface area contributed by atoms with Crippen LogP contribution in [0.1, 0.15) is 99.3 Å². The quantitative estimate of drug-likeness (QED) is 0.431. The highest BCUT2D eigenvalue weighted by Crippen LogP contribution is 2.20. The predicted molar refractivity (Wildman–Crippen MR) is 78.0 cm³/mol. The summed E-state index contributed by atoms with van der Waals surface area (Å²) in [6.45, 7) is 13.6. The highest BCUT2D eigenvalue weighted by Gasteiger charge is 2.07. The van der Waals surface area contributed by atoms with Crippen molar-refractivity contribution in [2.75, 3.05) is 0 Å². The summed E-state index contributed by atoms with van der Waals surface area (Å²) in [7, 11) is 0. The van der Waals surface area contributed by atoms with Gasteiger partial charge in [-0.2, -0.15) is 0 Å². The molecule has 0 nitrogen and oxygen atoms in total. The molecule has 0 saturated carbocycles. The second-order valence-electron chi connectivity index (χ2n) is 6.08. The van der Waals surface area contributed by atoms with E-state index in [1.54, 1.807) is 0 Å². The third-order valence-corrected chi connectivity index (χ3v) is 2.74. The number of rotatable bonds is 7. The molecule has 0 unspecified atom stereocenters. The van der Waals surface area contributed by atoms with Crippen molar-refractivity contribution in [3.05, 3.63) is 0 Å². The molecule has 0 radical (unpaired) electrons. The van der Waals surface area contributed by atoms with Crippen molar-refractivity contribution in [1.29, 1.82) is 0 Å². The maximum absolute atomic E-state index is 2.29. The molecule has 0 aromatic carbocycles. The predicted octanol–water partition coefficient (Wildman–Crippen LogP) is 6.59. The van der Waals surface area contributed by atoms with Crippen LogP contribution in [0.2, 0.25) is 0 Å². The highest BCUT2D eigenvalue weighted by molar-refractivity contribution is 4.59. The molecule has 0 atom stereocenters. The Kier molecular flexibility index (Phi) is 15.0. The summed E-state index contributed by atoms with van der Waals surface area (Å²) in [6, 6.07) is 0. The van der Waals surface area contributed by atoms with Gasteiger partial charge in [0, 0.05) is 0 Å². The second-order valence-corrected chi connectivity index (χ2v) is 6.08. The minimum absolute atomic E-state index is 0.552. The number of unbranched alkanes of at least 4 members (excludes halogenated alkanes) is 6. The fourth-order valence-electron chi connectivity index (χ4n) is 1.56. The van der Waals surface area contributed by atoms with Gasteiger partial charge in [0.15, 0.2) is 0 Å². The Labute approximate surface area is 105 Å². The molecule has 0 aromatic heterocycles. The molecule has 0 N–H and O–H groups in total. The maximum Gasteiger partial charge on any atom is -0.0383 e. The zero-order valence-corrected chi connectivity index (χ0v) is 12.9. The van der Waals surface area contributed by atoms with E-state index in [1.807, 2.05) is 0 Å². The first-order valence-corrected chi connectivity index (χ1v) is 7.47. The molecule has 0 fully saturated rings. The van der Waals surface area contributed by atoms with Crippen LogP contribution in [0.5, 0.6) is 0 Å². The summed E-state index contributed by atoms with van der Waals surface area (Å²) in [5.74, 6) is 0.